The van der Waals surface area contributed by atoms with Crippen LogP contribution in [0.5, 0.6) is 0 Å². The Morgan fingerprint density at radius 2 is 2.10 bits per heavy atom. The van der Waals surface area contributed by atoms with E-state index in [1.807, 2.05) is 0 Å². The molecular weight excluding hydrogens is 271 g/mol. The molecule has 0 aliphatic heterocycles. The topological polar surface area (TPSA) is 51.1 Å². The summed E-state index contributed by atoms with van der Waals surface area (Å²) in [6.07, 6.45) is 1.88. The molecule has 0 aliphatic rings. The fourth-order valence-electron chi connectivity index (χ4n) is 1.97. The Balaban J connectivity index is 1.84. The largest absolute Gasteiger partial charge is 0.352 e. The summed E-state index contributed by atoms with van der Waals surface area (Å²) in [5.74, 6) is -0.402. The summed E-state index contributed by atoms with van der Waals surface area (Å²) in [6.45, 7) is 2.38. The van der Waals surface area contributed by atoms with Crippen molar-refractivity contribution in [2.75, 3.05) is 0 Å². The Hall–Kier alpha value is -2.43. The third kappa shape index (κ3) is 4.27. The SMILES string of the molecule is Cc1cc(CNC(=O)CCn2ccccc2=O)ccc1F. The van der Waals surface area contributed by atoms with Crippen LogP contribution in [0.3, 0.4) is 0 Å². The first-order valence-corrected chi connectivity index (χ1v) is 6.73. The van der Waals surface area contributed by atoms with E-state index in [9.17, 15) is 14.0 Å². The maximum absolute atomic E-state index is 13.1. The molecule has 1 amide bonds. The van der Waals surface area contributed by atoms with Crippen molar-refractivity contribution < 1.29 is 9.18 Å². The van der Waals surface area contributed by atoms with Crippen LogP contribution in [-0.4, -0.2) is 10.5 Å². The number of nitrogens with one attached hydrogen (secondary N) is 1. The third-order valence-corrected chi connectivity index (χ3v) is 3.19. The molecule has 0 saturated heterocycles. The van der Waals surface area contributed by atoms with Crippen LogP contribution in [0.4, 0.5) is 4.39 Å². The Morgan fingerprint density at radius 1 is 1.29 bits per heavy atom. The second-order valence-electron chi connectivity index (χ2n) is 4.84. The molecule has 1 N–H and O–H groups in total. The first kappa shape index (κ1) is 15.0. The van der Waals surface area contributed by atoms with Gasteiger partial charge in [-0.05, 0) is 30.2 Å². The monoisotopic (exact) mass is 288 g/mol. The lowest BCUT2D eigenvalue weighted by Gasteiger charge is -2.08. The van der Waals surface area contributed by atoms with Crippen molar-refractivity contribution in [1.29, 1.82) is 0 Å². The zero-order chi connectivity index (χ0) is 15.2. The smallest absolute Gasteiger partial charge is 0.250 e. The van der Waals surface area contributed by atoms with E-state index in [1.165, 1.54) is 16.7 Å². The minimum atomic E-state index is -0.256. The number of rotatable bonds is 5. The van der Waals surface area contributed by atoms with Crippen molar-refractivity contribution >= 4 is 5.91 Å². The highest BCUT2D eigenvalue weighted by Gasteiger charge is 2.04. The fraction of sp³-hybridized carbons (Fsp3) is 0.250. The first-order valence-electron chi connectivity index (χ1n) is 6.73. The van der Waals surface area contributed by atoms with Gasteiger partial charge in [-0.3, -0.25) is 9.59 Å². The average Bonchev–Trinajstić information content (AvgIpc) is 2.47. The molecule has 21 heavy (non-hydrogen) atoms. The number of halogens is 1. The molecule has 1 heterocycles. The van der Waals surface area contributed by atoms with Gasteiger partial charge in [0.2, 0.25) is 5.91 Å². The van der Waals surface area contributed by atoms with Crippen LogP contribution in [0.15, 0.2) is 47.4 Å². The molecule has 2 aromatic rings. The van der Waals surface area contributed by atoms with Crippen LogP contribution in [0, 0.1) is 12.7 Å². The van der Waals surface area contributed by atoms with E-state index < -0.39 is 0 Å². The molecule has 4 nitrogen and oxygen atoms in total. The summed E-state index contributed by atoms with van der Waals surface area (Å²) in [4.78, 5) is 23.2. The van der Waals surface area contributed by atoms with E-state index >= 15 is 0 Å². The van der Waals surface area contributed by atoms with E-state index in [4.69, 9.17) is 0 Å². The van der Waals surface area contributed by atoms with Gasteiger partial charge in [-0.25, -0.2) is 4.39 Å². The van der Waals surface area contributed by atoms with Crippen molar-refractivity contribution in [2.45, 2.75) is 26.4 Å². The minimum Gasteiger partial charge on any atom is -0.352 e. The number of aromatic nitrogens is 1. The van der Waals surface area contributed by atoms with Gasteiger partial charge >= 0.3 is 0 Å². The molecule has 0 saturated carbocycles. The van der Waals surface area contributed by atoms with Crippen LogP contribution in [0.1, 0.15) is 17.5 Å². The first-order chi connectivity index (χ1) is 10.1. The van der Waals surface area contributed by atoms with Crippen LogP contribution in [-0.2, 0) is 17.9 Å². The molecule has 0 bridgehead atoms. The number of aryl methyl sites for hydroxylation is 2. The molecule has 1 aromatic carbocycles. The van der Waals surface area contributed by atoms with Gasteiger partial charge in [-0.15, -0.1) is 0 Å². The highest BCUT2D eigenvalue weighted by Crippen LogP contribution is 2.08. The lowest BCUT2D eigenvalue weighted by Crippen LogP contribution is -2.26. The van der Waals surface area contributed by atoms with Gasteiger partial charge in [0.05, 0.1) is 0 Å². The lowest BCUT2D eigenvalue weighted by atomic mass is 10.1. The fourth-order valence-corrected chi connectivity index (χ4v) is 1.97. The van der Waals surface area contributed by atoms with Crippen molar-refractivity contribution in [1.82, 2.24) is 9.88 Å². The van der Waals surface area contributed by atoms with Crippen molar-refractivity contribution in [3.63, 3.8) is 0 Å². The lowest BCUT2D eigenvalue weighted by molar-refractivity contribution is -0.121. The molecule has 5 heteroatoms. The number of hydrogen-bond acceptors (Lipinski definition) is 2. The third-order valence-electron chi connectivity index (χ3n) is 3.19. The Morgan fingerprint density at radius 3 is 2.81 bits per heavy atom. The normalized spacial score (nSPS) is 10.4. The van der Waals surface area contributed by atoms with Crippen LogP contribution in [0.25, 0.3) is 0 Å². The molecule has 1 aromatic heterocycles. The van der Waals surface area contributed by atoms with Gasteiger partial charge in [0.15, 0.2) is 0 Å². The van der Waals surface area contributed by atoms with Crippen molar-refractivity contribution in [2.24, 2.45) is 0 Å². The van der Waals surface area contributed by atoms with E-state index in [0.29, 0.717) is 18.7 Å². The molecule has 0 radical (unpaired) electrons. The summed E-state index contributed by atoms with van der Waals surface area (Å²) in [7, 11) is 0. The van der Waals surface area contributed by atoms with Crippen LogP contribution < -0.4 is 10.9 Å². The van der Waals surface area contributed by atoms with Gasteiger partial charge in [0, 0.05) is 31.8 Å². The zero-order valence-electron chi connectivity index (χ0n) is 11.8. The van der Waals surface area contributed by atoms with Crippen LogP contribution in [0.2, 0.25) is 0 Å². The standard InChI is InChI=1S/C16H17FN2O2/c1-12-10-13(5-6-14(12)17)11-18-15(20)7-9-19-8-3-2-4-16(19)21/h2-6,8,10H,7,9,11H2,1H3,(H,18,20). The maximum atomic E-state index is 13.1. The minimum absolute atomic E-state index is 0.126. The van der Waals surface area contributed by atoms with E-state index in [2.05, 4.69) is 5.32 Å². The number of pyridine rings is 1. The zero-order valence-corrected chi connectivity index (χ0v) is 11.8. The summed E-state index contributed by atoms with van der Waals surface area (Å²) in [5, 5.41) is 2.76. The van der Waals surface area contributed by atoms with Crippen molar-refractivity contribution in [3.05, 3.63) is 69.9 Å². The molecule has 110 valence electrons. The van der Waals surface area contributed by atoms with E-state index in [0.717, 1.165) is 5.56 Å². The molecule has 0 spiro atoms. The number of carbonyl (C=O) groups excluding carboxylic acids is 1. The van der Waals surface area contributed by atoms with Crippen molar-refractivity contribution in [3.8, 4) is 0 Å². The van der Waals surface area contributed by atoms with Gasteiger partial charge in [0.1, 0.15) is 5.82 Å². The highest BCUT2D eigenvalue weighted by atomic mass is 19.1. The van der Waals surface area contributed by atoms with E-state index in [1.54, 1.807) is 37.4 Å². The summed E-state index contributed by atoms with van der Waals surface area (Å²) < 4.78 is 14.6. The quantitative estimate of drug-likeness (QED) is 0.915. The predicted octanol–water partition coefficient (Wildman–Crippen LogP) is 2.00. The van der Waals surface area contributed by atoms with Gasteiger partial charge in [-0.1, -0.05) is 18.2 Å². The van der Waals surface area contributed by atoms with Gasteiger partial charge in [-0.2, -0.15) is 0 Å². The van der Waals surface area contributed by atoms with Gasteiger partial charge in [0.25, 0.3) is 5.56 Å². The Labute approximate surface area is 122 Å². The Bertz CT molecular complexity index is 695. The number of amides is 1. The van der Waals surface area contributed by atoms with Crippen LogP contribution >= 0.6 is 0 Å². The second kappa shape index (κ2) is 6.83. The second-order valence-corrected chi connectivity index (χ2v) is 4.84. The average molecular weight is 288 g/mol. The Kier molecular flexibility index (Phi) is 4.87. The molecule has 0 fully saturated rings. The molecular formula is C16H17FN2O2. The summed E-state index contributed by atoms with van der Waals surface area (Å²) in [5.41, 5.74) is 1.27. The molecule has 0 unspecified atom stereocenters. The van der Waals surface area contributed by atoms with Gasteiger partial charge < -0.3 is 9.88 Å². The summed E-state index contributed by atoms with van der Waals surface area (Å²) >= 11 is 0. The highest BCUT2D eigenvalue weighted by molar-refractivity contribution is 5.75. The summed E-state index contributed by atoms with van der Waals surface area (Å²) in [6, 6.07) is 9.61. The maximum Gasteiger partial charge on any atom is 0.250 e. The number of nitrogens with zero attached hydrogens (tertiary/aromatic N) is 1. The molecule has 0 atom stereocenters. The molecule has 0 aliphatic carbocycles. The number of benzene rings is 1. The van der Waals surface area contributed by atoms with E-state index in [-0.39, 0.29) is 23.7 Å². The predicted molar refractivity (Wildman–Crippen MR) is 78.3 cm³/mol. The number of hydrogen-bond donors (Lipinski definition) is 1. The molecule has 2 rings (SSSR count). The number of carbonyl (C=O) groups is 1.